The van der Waals surface area contributed by atoms with Crippen LogP contribution in [0, 0.1) is 0 Å². The van der Waals surface area contributed by atoms with Gasteiger partial charge in [0, 0.05) is 19.3 Å². The molecule has 0 bridgehead atoms. The molecule has 2 unspecified atom stereocenters. The van der Waals surface area contributed by atoms with Crippen molar-refractivity contribution in [1.29, 1.82) is 0 Å². The lowest BCUT2D eigenvalue weighted by atomic mass is 10.0. The van der Waals surface area contributed by atoms with Crippen molar-refractivity contribution >= 4 is 17.9 Å². The number of allylic oxidation sites excluding steroid dienone is 2. The summed E-state index contributed by atoms with van der Waals surface area (Å²) >= 11 is 0. The minimum absolute atomic E-state index is 0.0576. The maximum absolute atomic E-state index is 12.6. The van der Waals surface area contributed by atoms with Crippen molar-refractivity contribution in [3.8, 4) is 0 Å². The van der Waals surface area contributed by atoms with Gasteiger partial charge >= 0.3 is 17.9 Å². The number of rotatable bonds is 34. The van der Waals surface area contributed by atoms with Gasteiger partial charge in [-0.15, -0.1) is 0 Å². The summed E-state index contributed by atoms with van der Waals surface area (Å²) in [6, 6.07) is -0.612. The van der Waals surface area contributed by atoms with E-state index in [1.165, 1.54) is 96.3 Å². The molecule has 0 spiro atoms. The molecular weight excluding hydrogens is 594 g/mol. The molecule has 0 aromatic rings. The maximum atomic E-state index is 12.6. The summed E-state index contributed by atoms with van der Waals surface area (Å²) < 4.78 is 17.1. The average Bonchev–Trinajstić information content (AvgIpc) is 3.01. The molecule has 0 aliphatic heterocycles. The van der Waals surface area contributed by atoms with Gasteiger partial charge in [-0.05, 0) is 32.1 Å². The lowest BCUT2D eigenvalue weighted by molar-refractivity contribution is -0.887. The fraction of sp³-hybridized carbons (Fsp3) is 0.872. The molecule has 0 rings (SSSR count). The first kappa shape index (κ1) is 45.1. The lowest BCUT2D eigenvalue weighted by Crippen LogP contribution is -2.50. The molecule has 0 radical (unpaired) electrons. The Morgan fingerprint density at radius 1 is 0.617 bits per heavy atom. The quantitative estimate of drug-likeness (QED) is 0.0315. The van der Waals surface area contributed by atoms with E-state index < -0.39 is 18.1 Å². The number of carbonyl (C=O) groups excluding carboxylic acids is 2. The molecule has 0 aromatic heterocycles. The maximum Gasteiger partial charge on any atom is 0.362 e. The number of carbonyl (C=O) groups is 3. The summed E-state index contributed by atoms with van der Waals surface area (Å²) in [5, 5.41) is 9.57. The van der Waals surface area contributed by atoms with E-state index in [9.17, 15) is 19.5 Å². The van der Waals surface area contributed by atoms with Crippen molar-refractivity contribution in [3.05, 3.63) is 12.2 Å². The van der Waals surface area contributed by atoms with Crippen LogP contribution in [0.2, 0.25) is 0 Å². The first-order chi connectivity index (χ1) is 22.6. The Morgan fingerprint density at radius 2 is 1.09 bits per heavy atom. The van der Waals surface area contributed by atoms with E-state index in [1.807, 2.05) is 21.1 Å². The third-order valence-corrected chi connectivity index (χ3v) is 8.66. The minimum Gasteiger partial charge on any atom is -0.477 e. The van der Waals surface area contributed by atoms with Crippen LogP contribution in [0.15, 0.2) is 12.2 Å². The standard InChI is InChI=1S/C39H73NO7/c1-6-8-10-12-14-16-17-18-19-20-22-24-26-28-30-38(42)47-35(33-45-32-31-36(39(43)44)40(3,4)5)34-46-37(41)29-27-25-23-21-15-13-11-9-7-2/h21,23,35-36H,6-20,22,24-34H2,1-5H3/p+1/b23-21+. The largest absolute Gasteiger partial charge is 0.477 e. The molecule has 0 heterocycles. The molecule has 8 nitrogen and oxygen atoms in total. The predicted molar refractivity (Wildman–Crippen MR) is 192 cm³/mol. The van der Waals surface area contributed by atoms with Crippen molar-refractivity contribution in [2.45, 2.75) is 180 Å². The highest BCUT2D eigenvalue weighted by Gasteiger charge is 2.31. The molecule has 0 aliphatic carbocycles. The van der Waals surface area contributed by atoms with Gasteiger partial charge in [0.25, 0.3) is 0 Å². The fourth-order valence-corrected chi connectivity index (χ4v) is 5.62. The van der Waals surface area contributed by atoms with E-state index in [0.29, 0.717) is 25.7 Å². The Balaban J connectivity index is 4.41. The van der Waals surface area contributed by atoms with Gasteiger partial charge in [0.15, 0.2) is 12.1 Å². The molecule has 0 aliphatic rings. The highest BCUT2D eigenvalue weighted by atomic mass is 16.6. The second-order valence-corrected chi connectivity index (χ2v) is 14.2. The summed E-state index contributed by atoms with van der Waals surface area (Å²) in [5.41, 5.74) is 0. The van der Waals surface area contributed by atoms with Crippen LogP contribution in [0.4, 0.5) is 0 Å². The molecule has 8 heteroatoms. The second-order valence-electron chi connectivity index (χ2n) is 14.2. The zero-order chi connectivity index (χ0) is 35.0. The number of carboxylic acid groups (broad SMARTS) is 1. The van der Waals surface area contributed by atoms with Crippen molar-refractivity contribution in [2.24, 2.45) is 0 Å². The first-order valence-electron chi connectivity index (χ1n) is 19.2. The first-order valence-corrected chi connectivity index (χ1v) is 19.2. The van der Waals surface area contributed by atoms with Gasteiger partial charge in [-0.25, -0.2) is 4.79 Å². The monoisotopic (exact) mass is 669 g/mol. The van der Waals surface area contributed by atoms with Gasteiger partial charge in [0.1, 0.15) is 6.61 Å². The summed E-state index contributed by atoms with van der Waals surface area (Å²) in [5.74, 6) is -1.50. The molecular formula is C39H74NO7+. The molecule has 0 saturated carbocycles. The summed E-state index contributed by atoms with van der Waals surface area (Å²) in [4.78, 5) is 36.7. The normalized spacial score (nSPS) is 13.1. The topological polar surface area (TPSA) is 99.1 Å². The van der Waals surface area contributed by atoms with E-state index in [-0.39, 0.29) is 36.2 Å². The molecule has 0 amide bonds. The van der Waals surface area contributed by atoms with Gasteiger partial charge in [-0.3, -0.25) is 9.59 Å². The van der Waals surface area contributed by atoms with Crippen molar-refractivity contribution < 1.29 is 38.2 Å². The van der Waals surface area contributed by atoms with Crippen molar-refractivity contribution in [1.82, 2.24) is 0 Å². The smallest absolute Gasteiger partial charge is 0.362 e. The van der Waals surface area contributed by atoms with Crippen LogP contribution >= 0.6 is 0 Å². The summed E-state index contributed by atoms with van der Waals surface area (Å²) in [7, 11) is 5.51. The fourth-order valence-electron chi connectivity index (χ4n) is 5.62. The van der Waals surface area contributed by atoms with Crippen LogP contribution < -0.4 is 0 Å². The van der Waals surface area contributed by atoms with Crippen molar-refractivity contribution in [2.75, 3.05) is 41.0 Å². The van der Waals surface area contributed by atoms with Gasteiger partial charge in [0.05, 0.1) is 34.4 Å². The zero-order valence-electron chi connectivity index (χ0n) is 31.2. The molecule has 2 atom stereocenters. The molecule has 0 saturated heterocycles. The van der Waals surface area contributed by atoms with E-state index in [4.69, 9.17) is 14.2 Å². The Bertz CT molecular complexity index is 793. The number of hydrogen-bond donors (Lipinski definition) is 1. The molecule has 276 valence electrons. The Labute approximate surface area is 289 Å². The number of nitrogens with zero attached hydrogens (tertiary/aromatic N) is 1. The molecule has 1 N–H and O–H groups in total. The average molecular weight is 669 g/mol. The number of quaternary nitrogens is 1. The third kappa shape index (κ3) is 29.9. The van der Waals surface area contributed by atoms with E-state index in [2.05, 4.69) is 26.0 Å². The van der Waals surface area contributed by atoms with Crippen LogP contribution in [0.3, 0.4) is 0 Å². The Morgan fingerprint density at radius 3 is 1.60 bits per heavy atom. The molecule has 0 fully saturated rings. The van der Waals surface area contributed by atoms with Crippen LogP contribution in [-0.2, 0) is 28.6 Å². The van der Waals surface area contributed by atoms with Gasteiger partial charge < -0.3 is 23.8 Å². The lowest BCUT2D eigenvalue weighted by Gasteiger charge is -2.31. The Kier molecular flexibility index (Phi) is 30.1. The summed E-state index contributed by atoms with van der Waals surface area (Å²) in [6.45, 7) is 4.67. The highest BCUT2D eigenvalue weighted by Crippen LogP contribution is 2.14. The number of esters is 2. The number of ether oxygens (including phenoxy) is 3. The number of aliphatic carboxylic acids is 1. The molecule has 0 aromatic carbocycles. The number of likely N-dealkylation sites (N-methyl/N-ethyl adjacent to an activating group) is 1. The van der Waals surface area contributed by atoms with E-state index >= 15 is 0 Å². The van der Waals surface area contributed by atoms with Crippen molar-refractivity contribution in [3.63, 3.8) is 0 Å². The van der Waals surface area contributed by atoms with Gasteiger partial charge in [-0.2, -0.15) is 0 Å². The summed E-state index contributed by atoms with van der Waals surface area (Å²) in [6.07, 6.45) is 29.7. The molecule has 47 heavy (non-hydrogen) atoms. The number of unbranched alkanes of at least 4 members (excludes halogenated alkanes) is 18. The van der Waals surface area contributed by atoms with Crippen LogP contribution in [0.1, 0.15) is 168 Å². The van der Waals surface area contributed by atoms with Crippen LogP contribution in [0.25, 0.3) is 0 Å². The minimum atomic E-state index is -0.877. The third-order valence-electron chi connectivity index (χ3n) is 8.66. The number of hydrogen-bond acceptors (Lipinski definition) is 6. The van der Waals surface area contributed by atoms with Gasteiger partial charge in [0.2, 0.25) is 0 Å². The zero-order valence-corrected chi connectivity index (χ0v) is 31.2. The SMILES string of the molecule is CCCCCC/C=C/CCCC(=O)OCC(COCCC(C(=O)O)[N+](C)(C)C)OC(=O)CCCCCCCCCCCCCCCC. The number of carboxylic acids is 1. The van der Waals surface area contributed by atoms with E-state index in [0.717, 1.165) is 32.1 Å². The Hall–Kier alpha value is -1.93. The van der Waals surface area contributed by atoms with E-state index in [1.54, 1.807) is 0 Å². The van der Waals surface area contributed by atoms with Crippen LogP contribution in [-0.4, -0.2) is 80.6 Å². The van der Waals surface area contributed by atoms with Gasteiger partial charge in [-0.1, -0.05) is 129 Å². The highest BCUT2D eigenvalue weighted by molar-refractivity contribution is 5.72. The van der Waals surface area contributed by atoms with Crippen LogP contribution in [0.5, 0.6) is 0 Å². The predicted octanol–water partition coefficient (Wildman–Crippen LogP) is 9.58. The second kappa shape index (κ2) is 31.3.